The zero-order valence-electron chi connectivity index (χ0n) is 11.5. The number of nitrogens with one attached hydrogen (secondary N) is 1. The third-order valence-corrected chi connectivity index (χ3v) is 3.70. The number of carboxylic acid groups (broad SMARTS) is 1. The molecule has 2 rings (SSSR count). The van der Waals surface area contributed by atoms with Crippen molar-refractivity contribution in [1.29, 1.82) is 0 Å². The van der Waals surface area contributed by atoms with E-state index in [0.717, 1.165) is 13.1 Å². The van der Waals surface area contributed by atoms with E-state index in [4.69, 9.17) is 0 Å². The van der Waals surface area contributed by atoms with Crippen LogP contribution in [-0.4, -0.2) is 41.7 Å². The second-order valence-electron chi connectivity index (χ2n) is 5.40. The van der Waals surface area contributed by atoms with Gasteiger partial charge in [0.25, 0.3) is 0 Å². The number of carbonyl (C=O) groups is 1. The fourth-order valence-electron chi connectivity index (χ4n) is 2.89. The van der Waals surface area contributed by atoms with Gasteiger partial charge in [-0.05, 0) is 11.5 Å². The molecule has 2 atom stereocenters. The maximum Gasteiger partial charge on any atom is 0.322 e. The Kier molecular flexibility index (Phi) is 4.56. The highest BCUT2D eigenvalue weighted by Crippen LogP contribution is 2.30. The van der Waals surface area contributed by atoms with E-state index in [1.807, 2.05) is 18.2 Å². The van der Waals surface area contributed by atoms with E-state index in [1.165, 1.54) is 5.56 Å². The highest BCUT2D eigenvalue weighted by Gasteiger charge is 2.35. The van der Waals surface area contributed by atoms with Gasteiger partial charge in [-0.3, -0.25) is 9.69 Å². The van der Waals surface area contributed by atoms with E-state index in [-0.39, 0.29) is 6.04 Å². The first-order chi connectivity index (χ1) is 9.11. The van der Waals surface area contributed by atoms with Crippen molar-refractivity contribution in [1.82, 2.24) is 10.2 Å². The van der Waals surface area contributed by atoms with Crippen LogP contribution in [0.5, 0.6) is 0 Å². The molecule has 19 heavy (non-hydrogen) atoms. The Morgan fingerprint density at radius 3 is 2.63 bits per heavy atom. The molecule has 4 heteroatoms. The summed E-state index contributed by atoms with van der Waals surface area (Å²) in [6.45, 7) is 6.44. The van der Waals surface area contributed by atoms with Crippen LogP contribution in [0.2, 0.25) is 0 Å². The molecular weight excluding hydrogens is 240 g/mol. The van der Waals surface area contributed by atoms with Crippen LogP contribution in [0, 0.1) is 5.92 Å². The van der Waals surface area contributed by atoms with Crippen LogP contribution in [0.15, 0.2) is 30.3 Å². The smallest absolute Gasteiger partial charge is 0.322 e. The SMILES string of the molecule is CC(C)C(c1ccccc1)N1CCNCC1C(=O)O. The topological polar surface area (TPSA) is 52.6 Å². The lowest BCUT2D eigenvalue weighted by molar-refractivity contribution is -0.145. The zero-order chi connectivity index (χ0) is 13.8. The number of piperazine rings is 1. The standard InChI is InChI=1S/C15H22N2O2/c1-11(2)14(12-6-4-3-5-7-12)17-9-8-16-10-13(17)15(18)19/h3-7,11,13-14,16H,8-10H2,1-2H3,(H,18,19). The zero-order valence-corrected chi connectivity index (χ0v) is 11.5. The molecule has 1 saturated heterocycles. The van der Waals surface area contributed by atoms with Gasteiger partial charge in [-0.2, -0.15) is 0 Å². The Bertz CT molecular complexity index is 419. The molecule has 0 aromatic heterocycles. The van der Waals surface area contributed by atoms with Gasteiger partial charge in [-0.25, -0.2) is 0 Å². The number of hydrogen-bond donors (Lipinski definition) is 2. The van der Waals surface area contributed by atoms with Gasteiger partial charge in [-0.1, -0.05) is 44.2 Å². The van der Waals surface area contributed by atoms with Crippen molar-refractivity contribution in [2.24, 2.45) is 5.92 Å². The van der Waals surface area contributed by atoms with Crippen molar-refractivity contribution in [3.63, 3.8) is 0 Å². The third-order valence-electron chi connectivity index (χ3n) is 3.70. The molecule has 1 aromatic carbocycles. The van der Waals surface area contributed by atoms with Crippen LogP contribution < -0.4 is 5.32 Å². The van der Waals surface area contributed by atoms with Gasteiger partial charge in [-0.15, -0.1) is 0 Å². The maximum absolute atomic E-state index is 11.4. The fourth-order valence-corrected chi connectivity index (χ4v) is 2.89. The van der Waals surface area contributed by atoms with E-state index in [9.17, 15) is 9.90 Å². The molecule has 1 aliphatic heterocycles. The molecule has 4 nitrogen and oxygen atoms in total. The van der Waals surface area contributed by atoms with Crippen LogP contribution in [0.1, 0.15) is 25.5 Å². The summed E-state index contributed by atoms with van der Waals surface area (Å²) in [7, 11) is 0. The monoisotopic (exact) mass is 262 g/mol. The average molecular weight is 262 g/mol. The fraction of sp³-hybridized carbons (Fsp3) is 0.533. The Morgan fingerprint density at radius 1 is 1.37 bits per heavy atom. The van der Waals surface area contributed by atoms with Gasteiger partial charge in [0.05, 0.1) is 0 Å². The number of benzene rings is 1. The normalized spacial score (nSPS) is 22.4. The summed E-state index contributed by atoms with van der Waals surface area (Å²) in [5.41, 5.74) is 1.20. The molecule has 2 N–H and O–H groups in total. The molecule has 0 amide bonds. The number of aliphatic carboxylic acids is 1. The van der Waals surface area contributed by atoms with Crippen molar-refractivity contribution >= 4 is 5.97 Å². The van der Waals surface area contributed by atoms with Gasteiger partial charge in [0, 0.05) is 25.7 Å². The van der Waals surface area contributed by atoms with Crippen molar-refractivity contribution in [2.45, 2.75) is 25.9 Å². The van der Waals surface area contributed by atoms with Crippen LogP contribution in [0.4, 0.5) is 0 Å². The minimum atomic E-state index is -0.742. The van der Waals surface area contributed by atoms with Crippen LogP contribution in [0.25, 0.3) is 0 Å². The van der Waals surface area contributed by atoms with E-state index in [1.54, 1.807) is 0 Å². The van der Waals surface area contributed by atoms with Crippen LogP contribution >= 0.6 is 0 Å². The summed E-state index contributed by atoms with van der Waals surface area (Å²) < 4.78 is 0. The maximum atomic E-state index is 11.4. The van der Waals surface area contributed by atoms with Gasteiger partial charge in [0.2, 0.25) is 0 Å². The lowest BCUT2D eigenvalue weighted by Gasteiger charge is -2.41. The third kappa shape index (κ3) is 3.14. The first kappa shape index (κ1) is 14.0. The van der Waals surface area contributed by atoms with Crippen molar-refractivity contribution in [2.75, 3.05) is 19.6 Å². The lowest BCUT2D eigenvalue weighted by Crippen LogP contribution is -2.56. The summed E-state index contributed by atoms with van der Waals surface area (Å²) in [5.74, 6) is -0.365. The van der Waals surface area contributed by atoms with E-state index < -0.39 is 12.0 Å². The summed E-state index contributed by atoms with van der Waals surface area (Å²) in [4.78, 5) is 13.6. The molecular formula is C15H22N2O2. The molecule has 0 spiro atoms. The summed E-state index contributed by atoms with van der Waals surface area (Å²) >= 11 is 0. The van der Waals surface area contributed by atoms with Crippen molar-refractivity contribution < 1.29 is 9.90 Å². The minimum Gasteiger partial charge on any atom is -0.480 e. The molecule has 104 valence electrons. The van der Waals surface area contributed by atoms with E-state index in [0.29, 0.717) is 12.5 Å². The highest BCUT2D eigenvalue weighted by atomic mass is 16.4. The molecule has 1 aliphatic rings. The van der Waals surface area contributed by atoms with E-state index >= 15 is 0 Å². The van der Waals surface area contributed by atoms with Gasteiger partial charge < -0.3 is 10.4 Å². The quantitative estimate of drug-likeness (QED) is 0.868. The first-order valence-corrected chi connectivity index (χ1v) is 6.85. The molecule has 0 aliphatic carbocycles. The highest BCUT2D eigenvalue weighted by molar-refractivity contribution is 5.74. The van der Waals surface area contributed by atoms with Crippen molar-refractivity contribution in [3.05, 3.63) is 35.9 Å². The Morgan fingerprint density at radius 2 is 2.05 bits per heavy atom. The van der Waals surface area contributed by atoms with Gasteiger partial charge in [0.1, 0.15) is 6.04 Å². The Hall–Kier alpha value is -1.39. The molecule has 0 bridgehead atoms. The molecule has 1 aromatic rings. The molecule has 1 fully saturated rings. The van der Waals surface area contributed by atoms with Crippen molar-refractivity contribution in [3.8, 4) is 0 Å². The lowest BCUT2D eigenvalue weighted by atomic mass is 9.92. The van der Waals surface area contributed by atoms with Gasteiger partial charge in [0.15, 0.2) is 0 Å². The van der Waals surface area contributed by atoms with Gasteiger partial charge >= 0.3 is 5.97 Å². The second kappa shape index (κ2) is 6.17. The number of nitrogens with zero attached hydrogens (tertiary/aromatic N) is 1. The number of rotatable bonds is 4. The van der Waals surface area contributed by atoms with Crippen LogP contribution in [0.3, 0.4) is 0 Å². The summed E-state index contributed by atoms with van der Waals surface area (Å²) in [6.07, 6.45) is 0. The molecule has 1 heterocycles. The minimum absolute atomic E-state index is 0.157. The Labute approximate surface area is 114 Å². The predicted octanol–water partition coefficient (Wildman–Crippen LogP) is 1.74. The molecule has 0 radical (unpaired) electrons. The second-order valence-corrected chi connectivity index (χ2v) is 5.40. The average Bonchev–Trinajstić information content (AvgIpc) is 2.40. The number of carboxylic acids is 1. The largest absolute Gasteiger partial charge is 0.480 e. The molecule has 0 saturated carbocycles. The molecule has 2 unspecified atom stereocenters. The Balaban J connectivity index is 2.30. The summed E-state index contributed by atoms with van der Waals surface area (Å²) in [6, 6.07) is 9.92. The van der Waals surface area contributed by atoms with Crippen LogP contribution in [-0.2, 0) is 4.79 Å². The first-order valence-electron chi connectivity index (χ1n) is 6.85. The summed E-state index contributed by atoms with van der Waals surface area (Å²) in [5, 5.41) is 12.6. The predicted molar refractivity (Wildman–Crippen MR) is 75.0 cm³/mol. The number of hydrogen-bond acceptors (Lipinski definition) is 3. The van der Waals surface area contributed by atoms with E-state index in [2.05, 4.69) is 36.2 Å².